The molecule has 30 heavy (non-hydrogen) atoms. The third-order valence-corrected chi connectivity index (χ3v) is 5.95. The number of nitrogens with zero attached hydrogens (tertiary/aromatic N) is 1. The average Bonchev–Trinajstić information content (AvgIpc) is 3.16. The summed E-state index contributed by atoms with van der Waals surface area (Å²) in [5, 5.41) is 5.86. The van der Waals surface area contributed by atoms with Crippen LogP contribution in [-0.2, 0) is 14.4 Å². The summed E-state index contributed by atoms with van der Waals surface area (Å²) in [4.78, 5) is 38.7. The lowest BCUT2D eigenvalue weighted by Crippen LogP contribution is -2.39. The molecule has 0 bridgehead atoms. The zero-order valence-corrected chi connectivity index (χ0v) is 17.2. The molecule has 2 fully saturated rings. The average molecular weight is 415 g/mol. The van der Waals surface area contributed by atoms with Crippen molar-refractivity contribution < 1.29 is 23.9 Å². The van der Waals surface area contributed by atoms with Gasteiger partial charge in [-0.2, -0.15) is 0 Å². The van der Waals surface area contributed by atoms with Gasteiger partial charge in [0.1, 0.15) is 13.2 Å². The van der Waals surface area contributed by atoms with Crippen LogP contribution < -0.4 is 25.0 Å². The fourth-order valence-electron chi connectivity index (χ4n) is 4.32. The highest BCUT2D eigenvalue weighted by atomic mass is 16.6. The van der Waals surface area contributed by atoms with Crippen LogP contribution in [0.25, 0.3) is 0 Å². The molecule has 4 rings (SSSR count). The lowest BCUT2D eigenvalue weighted by atomic mass is 9.95. The smallest absolute Gasteiger partial charge is 0.227 e. The number of ether oxygens (including phenoxy) is 2. The standard InChI is InChI=1S/C22H29N3O5/c26-20(24-16-4-2-1-3-5-16)8-9-23-22(28)15-12-21(27)25(14-15)17-6-7-18-19(13-17)30-11-10-29-18/h6-7,13,15-16H,1-5,8-12,14H2,(H,23,28)(H,24,26). The fourth-order valence-corrected chi connectivity index (χ4v) is 4.32. The van der Waals surface area contributed by atoms with E-state index in [1.807, 2.05) is 0 Å². The van der Waals surface area contributed by atoms with Gasteiger partial charge >= 0.3 is 0 Å². The number of hydrogen-bond donors (Lipinski definition) is 2. The number of nitrogens with one attached hydrogen (secondary N) is 2. The van der Waals surface area contributed by atoms with Crippen LogP contribution in [-0.4, -0.2) is 50.1 Å². The van der Waals surface area contributed by atoms with Crippen LogP contribution in [0.3, 0.4) is 0 Å². The van der Waals surface area contributed by atoms with Crippen LogP contribution >= 0.6 is 0 Å². The van der Waals surface area contributed by atoms with Crippen molar-refractivity contribution in [2.24, 2.45) is 5.92 Å². The number of amides is 3. The first kappa shape index (κ1) is 20.5. The summed E-state index contributed by atoms with van der Waals surface area (Å²) < 4.78 is 11.1. The van der Waals surface area contributed by atoms with E-state index in [1.54, 1.807) is 23.1 Å². The molecule has 1 aromatic rings. The third-order valence-electron chi connectivity index (χ3n) is 5.95. The molecule has 8 nitrogen and oxygen atoms in total. The summed E-state index contributed by atoms with van der Waals surface area (Å²) in [5.41, 5.74) is 0.700. The number of anilines is 1. The predicted molar refractivity (Wildman–Crippen MR) is 111 cm³/mol. The van der Waals surface area contributed by atoms with E-state index in [0.29, 0.717) is 36.9 Å². The molecule has 162 valence electrons. The van der Waals surface area contributed by atoms with Gasteiger partial charge in [0.05, 0.1) is 5.92 Å². The highest BCUT2D eigenvalue weighted by molar-refractivity contribution is 6.00. The quantitative estimate of drug-likeness (QED) is 0.738. The molecule has 0 aromatic heterocycles. The molecule has 1 saturated carbocycles. The first-order valence-corrected chi connectivity index (χ1v) is 10.9. The highest BCUT2D eigenvalue weighted by Crippen LogP contribution is 2.36. The molecule has 0 spiro atoms. The first-order chi connectivity index (χ1) is 14.6. The Morgan fingerprint density at radius 2 is 1.83 bits per heavy atom. The Balaban J connectivity index is 1.24. The summed E-state index contributed by atoms with van der Waals surface area (Å²) in [5.74, 6) is 0.548. The van der Waals surface area contributed by atoms with Crippen LogP contribution in [0.5, 0.6) is 11.5 Å². The van der Waals surface area contributed by atoms with Gasteiger partial charge in [-0.3, -0.25) is 14.4 Å². The SMILES string of the molecule is O=C(CCNC(=O)C1CC(=O)N(c2ccc3c(c2)OCCO3)C1)NC1CCCCC1. The van der Waals surface area contributed by atoms with Gasteiger partial charge in [-0.1, -0.05) is 19.3 Å². The van der Waals surface area contributed by atoms with Crippen molar-refractivity contribution >= 4 is 23.4 Å². The Kier molecular flexibility index (Phi) is 6.40. The lowest BCUT2D eigenvalue weighted by molar-refractivity contribution is -0.126. The minimum Gasteiger partial charge on any atom is -0.486 e. The van der Waals surface area contributed by atoms with E-state index in [9.17, 15) is 14.4 Å². The number of fused-ring (bicyclic) bond motifs is 1. The zero-order chi connectivity index (χ0) is 20.9. The third kappa shape index (κ3) is 4.86. The van der Waals surface area contributed by atoms with Crippen LogP contribution in [0.2, 0.25) is 0 Å². The van der Waals surface area contributed by atoms with Crippen LogP contribution in [0.1, 0.15) is 44.9 Å². The van der Waals surface area contributed by atoms with Crippen molar-refractivity contribution in [3.05, 3.63) is 18.2 Å². The van der Waals surface area contributed by atoms with Crippen LogP contribution in [0.15, 0.2) is 18.2 Å². The molecule has 1 saturated heterocycles. The summed E-state index contributed by atoms with van der Waals surface area (Å²) in [6, 6.07) is 5.65. The molecular formula is C22H29N3O5. The molecule has 0 radical (unpaired) electrons. The summed E-state index contributed by atoms with van der Waals surface area (Å²) in [6.45, 7) is 1.59. The van der Waals surface area contributed by atoms with Gasteiger partial charge in [0, 0.05) is 43.7 Å². The van der Waals surface area contributed by atoms with Crippen molar-refractivity contribution in [1.29, 1.82) is 0 Å². The minimum absolute atomic E-state index is 0.0254. The number of rotatable bonds is 6. The molecule has 1 aliphatic carbocycles. The summed E-state index contributed by atoms with van der Waals surface area (Å²) in [6.07, 6.45) is 6.07. The molecule has 2 aliphatic heterocycles. The number of carbonyl (C=O) groups excluding carboxylic acids is 3. The van der Waals surface area contributed by atoms with E-state index in [2.05, 4.69) is 10.6 Å². The summed E-state index contributed by atoms with van der Waals surface area (Å²) >= 11 is 0. The largest absolute Gasteiger partial charge is 0.486 e. The Hall–Kier alpha value is -2.77. The van der Waals surface area contributed by atoms with Crippen molar-refractivity contribution in [2.75, 3.05) is 31.2 Å². The normalized spacial score (nSPS) is 21.4. The van der Waals surface area contributed by atoms with Crippen molar-refractivity contribution in [1.82, 2.24) is 10.6 Å². The predicted octanol–water partition coefficient (Wildman–Crippen LogP) is 1.77. The van der Waals surface area contributed by atoms with E-state index in [4.69, 9.17) is 9.47 Å². The van der Waals surface area contributed by atoms with Crippen molar-refractivity contribution in [2.45, 2.75) is 51.0 Å². The molecule has 8 heteroatoms. The second-order valence-corrected chi connectivity index (χ2v) is 8.18. The second kappa shape index (κ2) is 9.36. The molecule has 2 N–H and O–H groups in total. The molecule has 3 amide bonds. The van der Waals surface area contributed by atoms with Crippen LogP contribution in [0, 0.1) is 5.92 Å². The maximum absolute atomic E-state index is 12.5. The second-order valence-electron chi connectivity index (χ2n) is 8.18. The molecule has 1 unspecified atom stereocenters. The topological polar surface area (TPSA) is 97.0 Å². The highest BCUT2D eigenvalue weighted by Gasteiger charge is 2.35. The molecule has 1 aromatic carbocycles. The number of benzene rings is 1. The number of carbonyl (C=O) groups is 3. The van der Waals surface area contributed by atoms with E-state index in [-0.39, 0.29) is 43.1 Å². The Bertz CT molecular complexity index is 806. The maximum atomic E-state index is 12.5. The van der Waals surface area contributed by atoms with Gasteiger partial charge in [-0.15, -0.1) is 0 Å². The number of hydrogen-bond acceptors (Lipinski definition) is 5. The Morgan fingerprint density at radius 3 is 2.63 bits per heavy atom. The summed E-state index contributed by atoms with van der Waals surface area (Å²) in [7, 11) is 0. The van der Waals surface area contributed by atoms with E-state index >= 15 is 0 Å². The fraction of sp³-hybridized carbons (Fsp3) is 0.591. The minimum atomic E-state index is -0.424. The van der Waals surface area contributed by atoms with Gasteiger partial charge in [0.25, 0.3) is 0 Å². The Labute approximate surface area is 176 Å². The van der Waals surface area contributed by atoms with Crippen LogP contribution in [0.4, 0.5) is 5.69 Å². The molecule has 2 heterocycles. The van der Waals surface area contributed by atoms with Gasteiger partial charge < -0.3 is 25.0 Å². The lowest BCUT2D eigenvalue weighted by Gasteiger charge is -2.23. The van der Waals surface area contributed by atoms with E-state index < -0.39 is 5.92 Å². The van der Waals surface area contributed by atoms with Crippen molar-refractivity contribution in [3.8, 4) is 11.5 Å². The molecular weight excluding hydrogens is 386 g/mol. The van der Waals surface area contributed by atoms with E-state index in [0.717, 1.165) is 25.7 Å². The first-order valence-electron chi connectivity index (χ1n) is 10.9. The molecule has 1 atom stereocenters. The monoisotopic (exact) mass is 415 g/mol. The van der Waals surface area contributed by atoms with Crippen molar-refractivity contribution in [3.63, 3.8) is 0 Å². The molecule has 3 aliphatic rings. The zero-order valence-electron chi connectivity index (χ0n) is 17.2. The van der Waals surface area contributed by atoms with Gasteiger partial charge in [-0.25, -0.2) is 0 Å². The van der Waals surface area contributed by atoms with Gasteiger partial charge in [0.15, 0.2) is 11.5 Å². The maximum Gasteiger partial charge on any atom is 0.227 e. The van der Waals surface area contributed by atoms with Gasteiger partial charge in [-0.05, 0) is 25.0 Å². The van der Waals surface area contributed by atoms with E-state index in [1.165, 1.54) is 6.42 Å². The van der Waals surface area contributed by atoms with Gasteiger partial charge in [0.2, 0.25) is 17.7 Å². The Morgan fingerprint density at radius 1 is 1.07 bits per heavy atom.